The lowest BCUT2D eigenvalue weighted by Gasteiger charge is -2.09. The van der Waals surface area contributed by atoms with Crippen LogP contribution in [-0.4, -0.2) is 28.1 Å². The number of hydrogen-bond acceptors (Lipinski definition) is 4. The van der Waals surface area contributed by atoms with Gasteiger partial charge in [0.05, 0.1) is 29.4 Å². The van der Waals surface area contributed by atoms with Crippen LogP contribution in [0.15, 0.2) is 18.2 Å². The molecular formula is C14H15Cl2N3O2. The molecule has 21 heavy (non-hydrogen) atoms. The van der Waals surface area contributed by atoms with Crippen LogP contribution in [0.1, 0.15) is 35.1 Å². The van der Waals surface area contributed by atoms with E-state index in [1.165, 1.54) is 7.11 Å². The van der Waals surface area contributed by atoms with Crippen LogP contribution >= 0.6 is 23.2 Å². The SMILES string of the molecule is CCCc1c(C(=O)OC)nnn1Cc1cccc(Cl)c1Cl. The van der Waals surface area contributed by atoms with Crippen LogP contribution in [0.25, 0.3) is 0 Å². The smallest absolute Gasteiger partial charge is 0.360 e. The van der Waals surface area contributed by atoms with Crippen molar-refractivity contribution in [2.75, 3.05) is 7.11 Å². The first-order valence-corrected chi connectivity index (χ1v) is 7.27. The third-order valence-electron chi connectivity index (χ3n) is 3.05. The van der Waals surface area contributed by atoms with Gasteiger partial charge in [0, 0.05) is 0 Å². The van der Waals surface area contributed by atoms with Gasteiger partial charge >= 0.3 is 5.97 Å². The Balaban J connectivity index is 2.38. The van der Waals surface area contributed by atoms with Gasteiger partial charge in [-0.3, -0.25) is 0 Å². The average molecular weight is 328 g/mol. The predicted molar refractivity (Wildman–Crippen MR) is 80.9 cm³/mol. The van der Waals surface area contributed by atoms with Crippen LogP contribution in [0, 0.1) is 0 Å². The summed E-state index contributed by atoms with van der Waals surface area (Å²) in [4.78, 5) is 11.7. The minimum absolute atomic E-state index is 0.248. The molecule has 0 amide bonds. The topological polar surface area (TPSA) is 57.0 Å². The fourth-order valence-electron chi connectivity index (χ4n) is 2.03. The Morgan fingerprint density at radius 2 is 2.14 bits per heavy atom. The predicted octanol–water partition coefficient (Wildman–Crippen LogP) is 3.37. The van der Waals surface area contributed by atoms with Gasteiger partial charge in [-0.25, -0.2) is 9.48 Å². The molecule has 0 bridgehead atoms. The Hall–Kier alpha value is -1.59. The molecule has 0 N–H and O–H groups in total. The van der Waals surface area contributed by atoms with E-state index in [0.717, 1.165) is 17.7 Å². The number of rotatable bonds is 5. The van der Waals surface area contributed by atoms with Crippen LogP contribution in [0.4, 0.5) is 0 Å². The standard InChI is InChI=1S/C14H15Cl2N3O2/c1-3-5-11-13(14(20)21-2)17-18-19(11)8-9-6-4-7-10(15)12(9)16/h4,6-7H,3,5,8H2,1-2H3. The molecule has 0 saturated carbocycles. The van der Waals surface area contributed by atoms with E-state index in [-0.39, 0.29) is 5.69 Å². The zero-order valence-corrected chi connectivity index (χ0v) is 13.3. The van der Waals surface area contributed by atoms with E-state index >= 15 is 0 Å². The van der Waals surface area contributed by atoms with Crippen molar-refractivity contribution in [2.24, 2.45) is 0 Å². The lowest BCUT2D eigenvalue weighted by atomic mass is 10.2. The Morgan fingerprint density at radius 1 is 1.38 bits per heavy atom. The summed E-state index contributed by atoms with van der Waals surface area (Å²) in [7, 11) is 1.32. The van der Waals surface area contributed by atoms with Crippen molar-refractivity contribution in [1.82, 2.24) is 15.0 Å². The van der Waals surface area contributed by atoms with E-state index in [1.807, 2.05) is 19.1 Å². The summed E-state index contributed by atoms with van der Waals surface area (Å²) in [6.45, 7) is 2.42. The molecule has 1 aromatic heterocycles. The number of carbonyl (C=O) groups is 1. The third kappa shape index (κ3) is 3.36. The number of benzene rings is 1. The molecule has 2 rings (SSSR count). The lowest BCUT2D eigenvalue weighted by molar-refractivity contribution is 0.0592. The number of aromatic nitrogens is 3. The first-order valence-electron chi connectivity index (χ1n) is 6.52. The van der Waals surface area contributed by atoms with Crippen LogP contribution in [0.2, 0.25) is 10.0 Å². The molecule has 0 radical (unpaired) electrons. The molecule has 0 saturated heterocycles. The van der Waals surface area contributed by atoms with E-state index in [4.69, 9.17) is 27.9 Å². The van der Waals surface area contributed by atoms with Gasteiger partial charge in [0.25, 0.3) is 0 Å². The first-order chi connectivity index (χ1) is 10.1. The van der Waals surface area contributed by atoms with Crippen molar-refractivity contribution in [3.8, 4) is 0 Å². The molecule has 112 valence electrons. The van der Waals surface area contributed by atoms with Crippen LogP contribution < -0.4 is 0 Å². The quantitative estimate of drug-likeness (QED) is 0.790. The molecule has 0 aliphatic carbocycles. The molecule has 1 heterocycles. The molecule has 1 aromatic carbocycles. The maximum Gasteiger partial charge on any atom is 0.360 e. The second kappa shape index (κ2) is 6.91. The number of esters is 1. The van der Waals surface area contributed by atoms with Crippen molar-refractivity contribution >= 4 is 29.2 Å². The number of methoxy groups -OCH3 is 1. The summed E-state index contributed by atoms with van der Waals surface area (Å²) in [6, 6.07) is 5.41. The molecule has 0 aliphatic rings. The van der Waals surface area contributed by atoms with Gasteiger partial charge in [0.1, 0.15) is 0 Å². The average Bonchev–Trinajstić information content (AvgIpc) is 2.86. The van der Waals surface area contributed by atoms with Gasteiger partial charge in [-0.2, -0.15) is 0 Å². The van der Waals surface area contributed by atoms with Crippen molar-refractivity contribution < 1.29 is 9.53 Å². The van der Waals surface area contributed by atoms with Crippen LogP contribution in [-0.2, 0) is 17.7 Å². The lowest BCUT2D eigenvalue weighted by Crippen LogP contribution is -2.10. The Morgan fingerprint density at radius 3 is 2.81 bits per heavy atom. The third-order valence-corrected chi connectivity index (χ3v) is 3.91. The number of ether oxygens (including phenoxy) is 1. The molecule has 5 nitrogen and oxygen atoms in total. The van der Waals surface area contributed by atoms with E-state index in [1.54, 1.807) is 10.7 Å². The molecule has 0 atom stereocenters. The van der Waals surface area contributed by atoms with E-state index < -0.39 is 5.97 Å². The summed E-state index contributed by atoms with van der Waals surface area (Å²) in [5.74, 6) is -0.484. The summed E-state index contributed by atoms with van der Waals surface area (Å²) in [5.41, 5.74) is 1.81. The fraction of sp³-hybridized carbons (Fsp3) is 0.357. The minimum Gasteiger partial charge on any atom is -0.464 e. The highest BCUT2D eigenvalue weighted by Crippen LogP contribution is 2.26. The normalized spacial score (nSPS) is 10.7. The minimum atomic E-state index is -0.484. The molecule has 0 spiro atoms. The van der Waals surface area contributed by atoms with E-state index in [2.05, 4.69) is 10.3 Å². The molecule has 0 fully saturated rings. The molecule has 7 heteroatoms. The summed E-state index contributed by atoms with van der Waals surface area (Å²) < 4.78 is 6.39. The van der Waals surface area contributed by atoms with Gasteiger partial charge in [-0.05, 0) is 18.1 Å². The summed E-state index contributed by atoms with van der Waals surface area (Å²) in [6.07, 6.45) is 1.54. The largest absolute Gasteiger partial charge is 0.464 e. The monoisotopic (exact) mass is 327 g/mol. The molecule has 0 unspecified atom stereocenters. The van der Waals surface area contributed by atoms with Gasteiger partial charge < -0.3 is 4.74 Å². The number of hydrogen-bond donors (Lipinski definition) is 0. The highest BCUT2D eigenvalue weighted by Gasteiger charge is 2.20. The summed E-state index contributed by atoms with van der Waals surface area (Å²) >= 11 is 12.2. The van der Waals surface area contributed by atoms with E-state index in [0.29, 0.717) is 23.0 Å². The van der Waals surface area contributed by atoms with Crippen LogP contribution in [0.5, 0.6) is 0 Å². The number of nitrogens with zero attached hydrogens (tertiary/aromatic N) is 3. The summed E-state index contributed by atoms with van der Waals surface area (Å²) in [5, 5.41) is 8.92. The van der Waals surface area contributed by atoms with Crippen molar-refractivity contribution in [2.45, 2.75) is 26.3 Å². The van der Waals surface area contributed by atoms with E-state index in [9.17, 15) is 4.79 Å². The van der Waals surface area contributed by atoms with Gasteiger partial charge in [0.15, 0.2) is 5.69 Å². The first kappa shape index (κ1) is 15.8. The zero-order chi connectivity index (χ0) is 15.4. The fourth-order valence-corrected chi connectivity index (χ4v) is 2.41. The Bertz CT molecular complexity index is 656. The highest BCUT2D eigenvalue weighted by molar-refractivity contribution is 6.42. The molecule has 0 aliphatic heterocycles. The Kier molecular flexibility index (Phi) is 5.20. The number of carbonyl (C=O) groups excluding carboxylic acids is 1. The molecular weight excluding hydrogens is 313 g/mol. The van der Waals surface area contributed by atoms with Crippen LogP contribution in [0.3, 0.4) is 0 Å². The van der Waals surface area contributed by atoms with Crippen molar-refractivity contribution in [3.05, 3.63) is 45.2 Å². The second-order valence-corrected chi connectivity index (χ2v) is 5.28. The van der Waals surface area contributed by atoms with Gasteiger partial charge in [0.2, 0.25) is 0 Å². The highest BCUT2D eigenvalue weighted by atomic mass is 35.5. The second-order valence-electron chi connectivity index (χ2n) is 4.50. The van der Waals surface area contributed by atoms with Crippen molar-refractivity contribution in [3.63, 3.8) is 0 Å². The zero-order valence-electron chi connectivity index (χ0n) is 11.8. The van der Waals surface area contributed by atoms with Gasteiger partial charge in [-0.15, -0.1) is 5.10 Å². The van der Waals surface area contributed by atoms with Crippen molar-refractivity contribution in [1.29, 1.82) is 0 Å². The van der Waals surface area contributed by atoms with Gasteiger partial charge in [-0.1, -0.05) is 53.9 Å². The molecule has 2 aromatic rings. The number of halogens is 2. The Labute approximate surface area is 132 Å². The maximum atomic E-state index is 11.7. The maximum absolute atomic E-state index is 11.7.